The van der Waals surface area contributed by atoms with Gasteiger partial charge in [0.25, 0.3) is 0 Å². The Morgan fingerprint density at radius 2 is 1.78 bits per heavy atom. The zero-order valence-electron chi connectivity index (χ0n) is 10.3. The summed E-state index contributed by atoms with van der Waals surface area (Å²) in [5.74, 6) is 1.04. The van der Waals surface area contributed by atoms with E-state index in [0.29, 0.717) is 11.5 Å². The molecule has 0 aromatic heterocycles. The molecule has 0 aliphatic rings. The summed E-state index contributed by atoms with van der Waals surface area (Å²) >= 11 is 0. The fraction of sp³-hybridized carbons (Fsp3) is 0.500. The lowest BCUT2D eigenvalue weighted by atomic mass is 10.0. The largest absolute Gasteiger partial charge is 0.493 e. The summed E-state index contributed by atoms with van der Waals surface area (Å²) in [6.45, 7) is 0. The van der Waals surface area contributed by atoms with Crippen LogP contribution in [0.15, 0.2) is 18.2 Å². The van der Waals surface area contributed by atoms with Crippen LogP contribution in [0, 0.1) is 0 Å². The second-order valence-electron chi connectivity index (χ2n) is 3.88. The number of aryl methyl sites for hydroxylation is 1. The number of hydrogen-bond acceptors (Lipinski definition) is 3. The van der Waals surface area contributed by atoms with Gasteiger partial charge in [0.2, 0.25) is 0 Å². The SMILES string of the molecule is COc1ccc(CCC(N)C(F)(F)F)cc1OC. The number of benzene rings is 1. The zero-order chi connectivity index (χ0) is 13.8. The van der Waals surface area contributed by atoms with Gasteiger partial charge >= 0.3 is 6.18 Å². The molecule has 3 nitrogen and oxygen atoms in total. The molecule has 0 spiro atoms. The maximum absolute atomic E-state index is 12.2. The van der Waals surface area contributed by atoms with E-state index in [2.05, 4.69) is 0 Å². The van der Waals surface area contributed by atoms with Crippen molar-refractivity contribution in [3.8, 4) is 11.5 Å². The number of ether oxygens (including phenoxy) is 2. The van der Waals surface area contributed by atoms with E-state index in [1.54, 1.807) is 18.2 Å². The van der Waals surface area contributed by atoms with Crippen molar-refractivity contribution in [3.05, 3.63) is 23.8 Å². The molecule has 0 bridgehead atoms. The maximum atomic E-state index is 12.2. The monoisotopic (exact) mass is 263 g/mol. The van der Waals surface area contributed by atoms with Crippen LogP contribution in [0.25, 0.3) is 0 Å². The average molecular weight is 263 g/mol. The molecular weight excluding hydrogens is 247 g/mol. The highest BCUT2D eigenvalue weighted by Crippen LogP contribution is 2.29. The first-order valence-electron chi connectivity index (χ1n) is 5.41. The molecule has 0 radical (unpaired) electrons. The summed E-state index contributed by atoms with van der Waals surface area (Å²) in [5, 5.41) is 0. The smallest absolute Gasteiger partial charge is 0.403 e. The Labute approximate surface area is 104 Å². The van der Waals surface area contributed by atoms with Crippen molar-refractivity contribution in [2.45, 2.75) is 25.1 Å². The van der Waals surface area contributed by atoms with Crippen molar-refractivity contribution >= 4 is 0 Å². The van der Waals surface area contributed by atoms with E-state index in [-0.39, 0.29) is 12.8 Å². The molecule has 0 saturated heterocycles. The quantitative estimate of drug-likeness (QED) is 0.887. The molecule has 0 aliphatic heterocycles. The van der Waals surface area contributed by atoms with Gasteiger partial charge in [0.15, 0.2) is 11.5 Å². The highest BCUT2D eigenvalue weighted by molar-refractivity contribution is 5.42. The van der Waals surface area contributed by atoms with E-state index in [1.807, 2.05) is 0 Å². The molecule has 0 aliphatic carbocycles. The highest BCUT2D eigenvalue weighted by Gasteiger charge is 2.35. The van der Waals surface area contributed by atoms with Crippen LogP contribution in [-0.2, 0) is 6.42 Å². The summed E-state index contributed by atoms with van der Waals surface area (Å²) in [6, 6.07) is 3.21. The summed E-state index contributed by atoms with van der Waals surface area (Å²) in [4.78, 5) is 0. The van der Waals surface area contributed by atoms with Gasteiger partial charge in [-0.05, 0) is 30.5 Å². The van der Waals surface area contributed by atoms with Crippen LogP contribution in [-0.4, -0.2) is 26.4 Å². The number of hydrogen-bond donors (Lipinski definition) is 1. The summed E-state index contributed by atoms with van der Waals surface area (Å²) in [6.07, 6.45) is -4.27. The number of nitrogens with two attached hydrogens (primary N) is 1. The molecule has 1 rings (SSSR count). The van der Waals surface area contributed by atoms with Gasteiger partial charge in [-0.1, -0.05) is 6.07 Å². The molecule has 1 atom stereocenters. The van der Waals surface area contributed by atoms with Crippen LogP contribution in [0.1, 0.15) is 12.0 Å². The Hall–Kier alpha value is -1.43. The van der Waals surface area contributed by atoms with Crippen LogP contribution >= 0.6 is 0 Å². The van der Waals surface area contributed by atoms with Crippen LogP contribution in [0.3, 0.4) is 0 Å². The first-order chi connectivity index (χ1) is 8.38. The molecule has 0 heterocycles. The fourth-order valence-corrected chi connectivity index (χ4v) is 1.52. The first-order valence-corrected chi connectivity index (χ1v) is 5.41. The van der Waals surface area contributed by atoms with Crippen molar-refractivity contribution in [1.82, 2.24) is 0 Å². The third-order valence-electron chi connectivity index (χ3n) is 2.61. The predicted molar refractivity (Wildman–Crippen MR) is 61.9 cm³/mol. The molecule has 0 amide bonds. The lowest BCUT2D eigenvalue weighted by Gasteiger charge is -2.15. The second-order valence-corrected chi connectivity index (χ2v) is 3.88. The van der Waals surface area contributed by atoms with Crippen LogP contribution in [0.2, 0.25) is 0 Å². The zero-order valence-corrected chi connectivity index (χ0v) is 10.3. The summed E-state index contributed by atoms with van der Waals surface area (Å²) < 4.78 is 46.9. The van der Waals surface area contributed by atoms with E-state index in [1.165, 1.54) is 14.2 Å². The Balaban J connectivity index is 2.69. The average Bonchev–Trinajstić information content (AvgIpc) is 2.34. The Bertz CT molecular complexity index is 393. The number of methoxy groups -OCH3 is 2. The molecule has 2 N–H and O–H groups in total. The number of rotatable bonds is 5. The molecule has 0 saturated carbocycles. The van der Waals surface area contributed by atoms with E-state index in [9.17, 15) is 13.2 Å². The molecule has 0 fully saturated rings. The third-order valence-corrected chi connectivity index (χ3v) is 2.61. The molecule has 1 unspecified atom stereocenters. The van der Waals surface area contributed by atoms with E-state index in [0.717, 1.165) is 5.56 Å². The molecular formula is C12H16F3NO2. The summed E-state index contributed by atoms with van der Waals surface area (Å²) in [7, 11) is 2.97. The lowest BCUT2D eigenvalue weighted by molar-refractivity contribution is -0.148. The minimum atomic E-state index is -4.35. The Morgan fingerprint density at radius 3 is 2.28 bits per heavy atom. The summed E-state index contributed by atoms with van der Waals surface area (Å²) in [5.41, 5.74) is 5.77. The third kappa shape index (κ3) is 3.80. The minimum absolute atomic E-state index is 0.154. The molecule has 6 heteroatoms. The fourth-order valence-electron chi connectivity index (χ4n) is 1.52. The molecule has 18 heavy (non-hydrogen) atoms. The minimum Gasteiger partial charge on any atom is -0.493 e. The van der Waals surface area contributed by atoms with E-state index < -0.39 is 12.2 Å². The van der Waals surface area contributed by atoms with Crippen LogP contribution < -0.4 is 15.2 Å². The number of halogens is 3. The Kier molecular flexibility index (Phi) is 4.84. The van der Waals surface area contributed by atoms with Gasteiger partial charge < -0.3 is 15.2 Å². The van der Waals surface area contributed by atoms with Crippen molar-refractivity contribution < 1.29 is 22.6 Å². The molecule has 1 aromatic rings. The normalized spacial score (nSPS) is 13.2. The molecule has 1 aromatic carbocycles. The van der Waals surface area contributed by atoms with E-state index >= 15 is 0 Å². The van der Waals surface area contributed by atoms with Gasteiger partial charge in [0, 0.05) is 0 Å². The standard InChI is InChI=1S/C12H16F3NO2/c1-17-9-5-3-8(7-10(9)18-2)4-6-11(16)12(13,14)15/h3,5,7,11H,4,6,16H2,1-2H3. The predicted octanol–water partition coefficient (Wildman–Crippen LogP) is 2.53. The number of alkyl halides is 3. The van der Waals surface area contributed by atoms with Crippen LogP contribution in [0.4, 0.5) is 13.2 Å². The van der Waals surface area contributed by atoms with Gasteiger partial charge in [-0.2, -0.15) is 13.2 Å². The highest BCUT2D eigenvalue weighted by atomic mass is 19.4. The van der Waals surface area contributed by atoms with Gasteiger partial charge in [0.05, 0.1) is 14.2 Å². The van der Waals surface area contributed by atoms with Crippen molar-refractivity contribution in [2.75, 3.05) is 14.2 Å². The van der Waals surface area contributed by atoms with Gasteiger partial charge in [0.1, 0.15) is 6.04 Å². The van der Waals surface area contributed by atoms with Crippen molar-refractivity contribution in [2.24, 2.45) is 5.73 Å². The topological polar surface area (TPSA) is 44.5 Å². The lowest BCUT2D eigenvalue weighted by Crippen LogP contribution is -2.37. The first kappa shape index (κ1) is 14.6. The van der Waals surface area contributed by atoms with Crippen LogP contribution in [0.5, 0.6) is 11.5 Å². The molecule has 102 valence electrons. The van der Waals surface area contributed by atoms with Crippen molar-refractivity contribution in [1.29, 1.82) is 0 Å². The van der Waals surface area contributed by atoms with E-state index in [4.69, 9.17) is 15.2 Å². The second kappa shape index (κ2) is 5.95. The van der Waals surface area contributed by atoms with Gasteiger partial charge in [-0.3, -0.25) is 0 Å². The van der Waals surface area contributed by atoms with Gasteiger partial charge in [-0.15, -0.1) is 0 Å². The van der Waals surface area contributed by atoms with Crippen molar-refractivity contribution in [3.63, 3.8) is 0 Å². The Morgan fingerprint density at radius 1 is 1.17 bits per heavy atom. The van der Waals surface area contributed by atoms with Gasteiger partial charge in [-0.25, -0.2) is 0 Å². The maximum Gasteiger partial charge on any atom is 0.403 e.